The van der Waals surface area contributed by atoms with Crippen molar-refractivity contribution in [2.45, 2.75) is 6.42 Å². The summed E-state index contributed by atoms with van der Waals surface area (Å²) in [5.41, 5.74) is 2.03. The van der Waals surface area contributed by atoms with Crippen molar-refractivity contribution in [3.8, 4) is 17.2 Å². The number of hydrogen-bond acceptors (Lipinski definition) is 7. The van der Waals surface area contributed by atoms with Crippen LogP contribution in [0.1, 0.15) is 11.1 Å². The maximum Gasteiger partial charge on any atom is 0.294 e. The molecule has 1 fully saturated rings. The van der Waals surface area contributed by atoms with Gasteiger partial charge in [-0.2, -0.15) is 0 Å². The Morgan fingerprint density at radius 3 is 2.42 bits per heavy atom. The number of ether oxygens (including phenoxy) is 3. The highest BCUT2D eigenvalue weighted by Crippen LogP contribution is 2.37. The van der Waals surface area contributed by atoms with Crippen LogP contribution in [-0.4, -0.2) is 49.8 Å². The largest absolute Gasteiger partial charge is 0.497 e. The monoisotopic (exact) mass is 468 g/mol. The number of methoxy groups -OCH3 is 3. The molecular weight excluding hydrogens is 444 g/mol. The van der Waals surface area contributed by atoms with Crippen molar-refractivity contribution in [2.24, 2.45) is 0 Å². The molecule has 0 aliphatic carbocycles. The van der Waals surface area contributed by atoms with E-state index in [2.05, 4.69) is 11.9 Å². The molecule has 1 N–H and O–H groups in total. The molecule has 172 valence electrons. The molecule has 3 amide bonds. The van der Waals surface area contributed by atoms with E-state index in [1.54, 1.807) is 56.7 Å². The molecule has 33 heavy (non-hydrogen) atoms. The van der Waals surface area contributed by atoms with E-state index in [0.717, 1.165) is 22.2 Å². The average Bonchev–Trinajstić information content (AvgIpc) is 3.06. The summed E-state index contributed by atoms with van der Waals surface area (Å²) in [6.07, 6.45) is 3.87. The second-order valence-electron chi connectivity index (χ2n) is 6.95. The van der Waals surface area contributed by atoms with Crippen molar-refractivity contribution in [1.82, 2.24) is 4.90 Å². The molecule has 3 rings (SSSR count). The van der Waals surface area contributed by atoms with Gasteiger partial charge in [0.25, 0.3) is 11.1 Å². The average molecular weight is 469 g/mol. The van der Waals surface area contributed by atoms with Crippen LogP contribution in [0.15, 0.2) is 54.0 Å². The van der Waals surface area contributed by atoms with Crippen molar-refractivity contribution in [2.75, 3.05) is 33.2 Å². The molecule has 9 heteroatoms. The number of amides is 3. The number of hydrogen-bond donors (Lipinski definition) is 1. The van der Waals surface area contributed by atoms with Crippen LogP contribution in [0.4, 0.5) is 10.5 Å². The normalized spacial score (nSPS) is 14.4. The van der Waals surface area contributed by atoms with Crippen LogP contribution in [0.2, 0.25) is 0 Å². The van der Waals surface area contributed by atoms with Crippen LogP contribution in [0.5, 0.6) is 17.2 Å². The molecular formula is C24H24N2O6S. The first kappa shape index (κ1) is 23.9. The molecule has 1 aliphatic rings. The van der Waals surface area contributed by atoms with Crippen LogP contribution in [-0.2, 0) is 16.0 Å². The highest BCUT2D eigenvalue weighted by molar-refractivity contribution is 8.18. The number of rotatable bonds is 9. The van der Waals surface area contributed by atoms with Gasteiger partial charge in [-0.25, -0.2) is 0 Å². The van der Waals surface area contributed by atoms with Gasteiger partial charge >= 0.3 is 0 Å². The highest BCUT2D eigenvalue weighted by Gasteiger charge is 2.36. The van der Waals surface area contributed by atoms with Gasteiger partial charge in [-0.15, -0.1) is 6.58 Å². The van der Waals surface area contributed by atoms with E-state index in [9.17, 15) is 14.4 Å². The van der Waals surface area contributed by atoms with Gasteiger partial charge in [0.1, 0.15) is 12.3 Å². The lowest BCUT2D eigenvalue weighted by molar-refractivity contribution is -0.127. The molecule has 8 nitrogen and oxygen atoms in total. The van der Waals surface area contributed by atoms with Gasteiger partial charge in [-0.3, -0.25) is 19.3 Å². The lowest BCUT2D eigenvalue weighted by atomic mass is 10.0. The molecule has 1 aliphatic heterocycles. The predicted molar refractivity (Wildman–Crippen MR) is 128 cm³/mol. The summed E-state index contributed by atoms with van der Waals surface area (Å²) in [4.78, 5) is 38.8. The van der Waals surface area contributed by atoms with Gasteiger partial charge in [0.2, 0.25) is 5.91 Å². The fourth-order valence-electron chi connectivity index (χ4n) is 3.26. The van der Waals surface area contributed by atoms with Gasteiger partial charge in [-0.1, -0.05) is 6.08 Å². The fourth-order valence-corrected chi connectivity index (χ4v) is 4.10. The Morgan fingerprint density at radius 1 is 1.09 bits per heavy atom. The zero-order chi connectivity index (χ0) is 24.0. The molecule has 0 unspecified atom stereocenters. The Balaban J connectivity index is 1.77. The fraction of sp³-hybridized carbons (Fsp3) is 0.208. The maximum absolute atomic E-state index is 12.8. The molecule has 0 bridgehead atoms. The third kappa shape index (κ3) is 5.56. The van der Waals surface area contributed by atoms with Gasteiger partial charge in [0.15, 0.2) is 11.5 Å². The third-order valence-electron chi connectivity index (χ3n) is 4.79. The van der Waals surface area contributed by atoms with E-state index in [1.807, 2.05) is 6.07 Å². The topological polar surface area (TPSA) is 94.2 Å². The second-order valence-corrected chi connectivity index (χ2v) is 7.95. The zero-order valence-electron chi connectivity index (χ0n) is 18.5. The molecule has 1 saturated heterocycles. The smallest absolute Gasteiger partial charge is 0.294 e. The van der Waals surface area contributed by atoms with E-state index in [1.165, 1.54) is 7.11 Å². The molecule has 0 spiro atoms. The summed E-state index contributed by atoms with van der Waals surface area (Å²) in [6, 6.07) is 10.3. The number of benzene rings is 2. The first-order valence-corrected chi connectivity index (χ1v) is 10.8. The van der Waals surface area contributed by atoms with Crippen LogP contribution in [0, 0.1) is 0 Å². The summed E-state index contributed by atoms with van der Waals surface area (Å²) >= 11 is 0.782. The van der Waals surface area contributed by atoms with Gasteiger partial charge < -0.3 is 19.5 Å². The molecule has 2 aromatic carbocycles. The lowest BCUT2D eigenvalue weighted by Crippen LogP contribution is -2.36. The summed E-state index contributed by atoms with van der Waals surface area (Å²) in [5.74, 6) is 0.715. The van der Waals surface area contributed by atoms with E-state index in [-0.39, 0.29) is 11.4 Å². The number of nitrogens with one attached hydrogen (secondary N) is 1. The molecule has 2 aromatic rings. The summed E-state index contributed by atoms with van der Waals surface area (Å²) < 4.78 is 15.9. The van der Waals surface area contributed by atoms with Crippen molar-refractivity contribution < 1.29 is 28.6 Å². The molecule has 0 saturated carbocycles. The van der Waals surface area contributed by atoms with Gasteiger partial charge in [0, 0.05) is 11.3 Å². The van der Waals surface area contributed by atoms with E-state index < -0.39 is 17.1 Å². The minimum absolute atomic E-state index is 0.217. The number of imide groups is 1. The molecule has 0 atom stereocenters. The maximum atomic E-state index is 12.8. The first-order chi connectivity index (χ1) is 15.9. The number of allylic oxidation sites excluding steroid dienone is 1. The van der Waals surface area contributed by atoms with Crippen molar-refractivity contribution in [3.63, 3.8) is 0 Å². The first-order valence-electron chi connectivity index (χ1n) is 9.95. The Kier molecular flexibility index (Phi) is 7.78. The number of anilines is 1. The molecule has 1 heterocycles. The number of carbonyl (C=O) groups is 3. The van der Waals surface area contributed by atoms with E-state index >= 15 is 0 Å². The number of nitrogens with zero attached hydrogens (tertiary/aromatic N) is 1. The van der Waals surface area contributed by atoms with Crippen molar-refractivity contribution in [1.29, 1.82) is 0 Å². The van der Waals surface area contributed by atoms with E-state index in [0.29, 0.717) is 34.9 Å². The van der Waals surface area contributed by atoms with Crippen LogP contribution >= 0.6 is 11.8 Å². The van der Waals surface area contributed by atoms with Gasteiger partial charge in [-0.05, 0) is 66.2 Å². The Bertz CT molecular complexity index is 1110. The quantitative estimate of drug-likeness (QED) is 0.437. The Hall–Kier alpha value is -3.72. The lowest BCUT2D eigenvalue weighted by Gasteiger charge is -2.13. The number of thioether (sulfide) groups is 1. The Morgan fingerprint density at radius 2 is 1.82 bits per heavy atom. The highest BCUT2D eigenvalue weighted by atomic mass is 32.2. The van der Waals surface area contributed by atoms with Crippen molar-refractivity contribution >= 4 is 40.6 Å². The summed E-state index contributed by atoms with van der Waals surface area (Å²) in [5, 5.41) is 2.15. The third-order valence-corrected chi connectivity index (χ3v) is 5.70. The van der Waals surface area contributed by atoms with Crippen LogP contribution in [0.3, 0.4) is 0 Å². The zero-order valence-corrected chi connectivity index (χ0v) is 19.4. The predicted octanol–water partition coefficient (Wildman–Crippen LogP) is 4.12. The SMILES string of the molecule is C=CCc1cc(/C=C2\SC(=O)N(CC(=O)Nc3ccc(OC)cc3)C2=O)cc(OC)c1OC. The second kappa shape index (κ2) is 10.7. The van der Waals surface area contributed by atoms with Crippen molar-refractivity contribution in [3.05, 3.63) is 65.1 Å². The molecule has 0 radical (unpaired) electrons. The minimum Gasteiger partial charge on any atom is -0.497 e. The van der Waals surface area contributed by atoms with Gasteiger partial charge in [0.05, 0.1) is 26.2 Å². The van der Waals surface area contributed by atoms with E-state index in [4.69, 9.17) is 14.2 Å². The molecule has 0 aromatic heterocycles. The van der Waals surface area contributed by atoms with Crippen LogP contribution < -0.4 is 19.5 Å². The Labute approximate surface area is 196 Å². The minimum atomic E-state index is -0.532. The summed E-state index contributed by atoms with van der Waals surface area (Å²) in [7, 11) is 4.62. The standard InChI is InChI=1S/C24H24N2O6S/c1-5-6-16-11-15(12-19(31-3)22(16)32-4)13-20-23(28)26(24(29)33-20)14-21(27)25-17-7-9-18(30-2)10-8-17/h5,7-13H,1,6,14H2,2-4H3,(H,25,27)/b20-13-. The van der Waals surface area contributed by atoms with Crippen LogP contribution in [0.25, 0.3) is 6.08 Å². The number of carbonyl (C=O) groups excluding carboxylic acids is 3. The summed E-state index contributed by atoms with van der Waals surface area (Å²) in [6.45, 7) is 3.37.